The molecule has 4 aromatic rings. The van der Waals surface area contributed by atoms with E-state index in [9.17, 15) is 18.0 Å². The molecule has 9 nitrogen and oxygen atoms in total. The van der Waals surface area contributed by atoms with Crippen LogP contribution < -0.4 is 9.94 Å². The summed E-state index contributed by atoms with van der Waals surface area (Å²) in [5.74, 6) is -0.996. The summed E-state index contributed by atoms with van der Waals surface area (Å²) in [5.41, 5.74) is 3.40. The van der Waals surface area contributed by atoms with Crippen molar-refractivity contribution in [3.8, 4) is 0 Å². The molecule has 160 valence electrons. The molecule has 0 atom stereocenters. The molecule has 0 aliphatic heterocycles. The van der Waals surface area contributed by atoms with E-state index in [0.29, 0.717) is 15.8 Å². The Labute approximate surface area is 184 Å². The zero-order valence-electron chi connectivity index (χ0n) is 16.1. The van der Waals surface area contributed by atoms with Gasteiger partial charge < -0.3 is 9.30 Å². The number of nitrogens with zero attached hydrogens (tertiary/aromatic N) is 3. The maximum atomic E-state index is 12.8. The Morgan fingerprint density at radius 1 is 1.19 bits per heavy atom. The molecule has 0 aliphatic carbocycles. The van der Waals surface area contributed by atoms with E-state index >= 15 is 0 Å². The molecule has 1 amide bonds. The van der Waals surface area contributed by atoms with Crippen LogP contribution in [0, 0.1) is 0 Å². The van der Waals surface area contributed by atoms with E-state index in [1.54, 1.807) is 30.6 Å². The van der Waals surface area contributed by atoms with E-state index in [0.717, 1.165) is 21.6 Å². The highest BCUT2D eigenvalue weighted by Crippen LogP contribution is 2.22. The van der Waals surface area contributed by atoms with Crippen LogP contribution in [0.2, 0.25) is 0 Å². The standard InChI is InChI=1S/C19H16N4O5S3/c1-2-28-17(24)9-23-14-6-4-12(31(20,26)27)8-16(14)30-19(23)22-18(25)11-3-5-13-15(7-11)29-10-21-13/h3-8,10H,2,9H2,1H3,(H2,20,26,27). The molecule has 0 spiro atoms. The Morgan fingerprint density at radius 3 is 2.74 bits per heavy atom. The first kappa shape index (κ1) is 21.3. The molecular formula is C19H16N4O5S3. The largest absolute Gasteiger partial charge is 0.465 e. The minimum absolute atomic E-state index is 0.0712. The lowest BCUT2D eigenvalue weighted by atomic mass is 10.2. The summed E-state index contributed by atoms with van der Waals surface area (Å²) in [6.07, 6.45) is 0. The second-order valence-corrected chi connectivity index (χ2v) is 9.86. The third-order valence-corrected chi connectivity index (χ3v) is 7.09. The van der Waals surface area contributed by atoms with Gasteiger partial charge in [0.2, 0.25) is 10.0 Å². The van der Waals surface area contributed by atoms with Crippen molar-refractivity contribution in [2.45, 2.75) is 18.4 Å². The number of carbonyl (C=O) groups excluding carboxylic acids is 2. The summed E-state index contributed by atoms with van der Waals surface area (Å²) < 4.78 is 31.3. The van der Waals surface area contributed by atoms with Gasteiger partial charge in [-0.1, -0.05) is 11.3 Å². The van der Waals surface area contributed by atoms with Gasteiger partial charge in [-0.2, -0.15) is 4.99 Å². The predicted octanol–water partition coefficient (Wildman–Crippen LogP) is 2.26. The van der Waals surface area contributed by atoms with Crippen LogP contribution in [0.25, 0.3) is 20.4 Å². The summed E-state index contributed by atoms with van der Waals surface area (Å²) in [4.78, 5) is 33.5. The van der Waals surface area contributed by atoms with E-state index in [2.05, 4.69) is 9.98 Å². The zero-order valence-corrected chi connectivity index (χ0v) is 18.6. The highest BCUT2D eigenvalue weighted by molar-refractivity contribution is 7.89. The molecule has 0 unspecified atom stereocenters. The Balaban J connectivity index is 1.85. The second-order valence-electron chi connectivity index (χ2n) is 6.40. The topological polar surface area (TPSA) is 134 Å². The normalized spacial score (nSPS) is 12.5. The van der Waals surface area contributed by atoms with Crippen molar-refractivity contribution in [2.75, 3.05) is 6.61 Å². The van der Waals surface area contributed by atoms with Gasteiger partial charge in [-0.15, -0.1) is 11.3 Å². The summed E-state index contributed by atoms with van der Waals surface area (Å²) in [6, 6.07) is 9.35. The third-order valence-electron chi connectivity index (χ3n) is 4.35. The summed E-state index contributed by atoms with van der Waals surface area (Å²) in [6.45, 7) is 1.72. The monoisotopic (exact) mass is 476 g/mol. The van der Waals surface area contributed by atoms with Crippen LogP contribution in [0.1, 0.15) is 17.3 Å². The van der Waals surface area contributed by atoms with E-state index in [-0.39, 0.29) is 22.8 Å². The fraction of sp³-hybridized carbons (Fsp3) is 0.158. The van der Waals surface area contributed by atoms with Gasteiger partial charge in [-0.05, 0) is 43.3 Å². The SMILES string of the molecule is CCOC(=O)Cn1c(=NC(=O)c2ccc3ncsc3c2)sc2cc(S(N)(=O)=O)ccc21. The number of rotatable bonds is 5. The second kappa shape index (κ2) is 8.30. The van der Waals surface area contributed by atoms with Crippen molar-refractivity contribution < 1.29 is 22.7 Å². The average molecular weight is 477 g/mol. The number of benzene rings is 2. The molecule has 0 bridgehead atoms. The lowest BCUT2D eigenvalue weighted by Gasteiger charge is -2.05. The third kappa shape index (κ3) is 4.42. The molecule has 2 heterocycles. The molecule has 4 rings (SSSR count). The molecule has 0 aliphatic rings. The van der Waals surface area contributed by atoms with Crippen LogP contribution in [-0.4, -0.2) is 36.5 Å². The molecule has 2 N–H and O–H groups in total. The number of nitrogens with two attached hydrogens (primary N) is 1. The highest BCUT2D eigenvalue weighted by atomic mass is 32.2. The van der Waals surface area contributed by atoms with Crippen molar-refractivity contribution >= 4 is 65.0 Å². The van der Waals surface area contributed by atoms with Gasteiger partial charge in [0.1, 0.15) is 6.54 Å². The first-order chi connectivity index (χ1) is 14.8. The Kier molecular flexibility index (Phi) is 5.71. The number of hydrogen-bond donors (Lipinski definition) is 1. The lowest BCUT2D eigenvalue weighted by Crippen LogP contribution is -2.23. The van der Waals surface area contributed by atoms with Gasteiger partial charge in [0.05, 0.1) is 37.4 Å². The van der Waals surface area contributed by atoms with E-state index in [4.69, 9.17) is 9.88 Å². The van der Waals surface area contributed by atoms with E-state index in [1.807, 2.05) is 0 Å². The minimum Gasteiger partial charge on any atom is -0.465 e. The van der Waals surface area contributed by atoms with Gasteiger partial charge in [0, 0.05) is 5.56 Å². The van der Waals surface area contributed by atoms with Crippen LogP contribution in [0.4, 0.5) is 0 Å². The maximum absolute atomic E-state index is 12.8. The smallest absolute Gasteiger partial charge is 0.326 e. The zero-order chi connectivity index (χ0) is 22.2. The van der Waals surface area contributed by atoms with Crippen molar-refractivity contribution in [1.29, 1.82) is 0 Å². The lowest BCUT2D eigenvalue weighted by molar-refractivity contribution is -0.143. The highest BCUT2D eigenvalue weighted by Gasteiger charge is 2.16. The molecule has 2 aromatic carbocycles. The fourth-order valence-corrected chi connectivity index (χ4v) is 5.34. The first-order valence-corrected chi connectivity index (χ1v) is 12.2. The van der Waals surface area contributed by atoms with Crippen LogP contribution in [-0.2, 0) is 26.1 Å². The number of thiazole rings is 2. The van der Waals surface area contributed by atoms with E-state index in [1.165, 1.54) is 34.1 Å². The molecule has 0 fully saturated rings. The Bertz CT molecular complexity index is 1500. The number of carbonyl (C=O) groups is 2. The van der Waals surface area contributed by atoms with Gasteiger partial charge in [-0.3, -0.25) is 9.59 Å². The molecule has 2 aromatic heterocycles. The van der Waals surface area contributed by atoms with Crippen LogP contribution in [0.3, 0.4) is 0 Å². The number of sulfonamides is 1. The molecule has 0 radical (unpaired) electrons. The van der Waals surface area contributed by atoms with Gasteiger partial charge >= 0.3 is 5.97 Å². The number of esters is 1. The van der Waals surface area contributed by atoms with Crippen LogP contribution >= 0.6 is 22.7 Å². The molecule has 12 heteroatoms. The van der Waals surface area contributed by atoms with E-state index < -0.39 is 21.9 Å². The first-order valence-electron chi connectivity index (χ1n) is 9.00. The summed E-state index contributed by atoms with van der Waals surface area (Å²) >= 11 is 2.49. The molecule has 0 saturated heterocycles. The number of fused-ring (bicyclic) bond motifs is 2. The van der Waals surface area contributed by atoms with Gasteiger partial charge in [-0.25, -0.2) is 18.5 Å². The van der Waals surface area contributed by atoms with Crippen molar-refractivity contribution in [2.24, 2.45) is 10.1 Å². The Morgan fingerprint density at radius 2 is 2.00 bits per heavy atom. The Hall–Kier alpha value is -2.93. The number of primary sulfonamides is 1. The summed E-state index contributed by atoms with van der Waals surface area (Å²) in [7, 11) is -3.91. The maximum Gasteiger partial charge on any atom is 0.326 e. The number of aromatic nitrogens is 2. The fourth-order valence-electron chi connectivity index (χ4n) is 2.94. The van der Waals surface area contributed by atoms with Crippen molar-refractivity contribution in [3.63, 3.8) is 0 Å². The van der Waals surface area contributed by atoms with Crippen LogP contribution in [0.5, 0.6) is 0 Å². The van der Waals surface area contributed by atoms with Gasteiger partial charge in [0.25, 0.3) is 5.91 Å². The molecule has 31 heavy (non-hydrogen) atoms. The number of amides is 1. The molecular weight excluding hydrogens is 460 g/mol. The van der Waals surface area contributed by atoms with Crippen molar-refractivity contribution in [3.05, 3.63) is 52.3 Å². The number of hydrogen-bond acceptors (Lipinski definition) is 8. The van der Waals surface area contributed by atoms with Gasteiger partial charge in [0.15, 0.2) is 4.80 Å². The average Bonchev–Trinajstić information content (AvgIpc) is 3.31. The molecule has 0 saturated carbocycles. The number of ether oxygens (including phenoxy) is 1. The minimum atomic E-state index is -3.91. The quantitative estimate of drug-likeness (QED) is 0.439. The van der Waals surface area contributed by atoms with Crippen LogP contribution in [0.15, 0.2) is 51.8 Å². The van der Waals surface area contributed by atoms with Crippen molar-refractivity contribution in [1.82, 2.24) is 9.55 Å². The summed E-state index contributed by atoms with van der Waals surface area (Å²) in [5, 5.41) is 5.22. The predicted molar refractivity (Wildman–Crippen MR) is 117 cm³/mol.